The Morgan fingerprint density at radius 1 is 1.56 bits per heavy atom. The molecule has 4 heteroatoms. The number of carboxylic acid groups (broad SMARTS) is 1. The Labute approximate surface area is 94.1 Å². The fourth-order valence-corrected chi connectivity index (χ4v) is 1.67. The number of halogens is 1. The third-order valence-corrected chi connectivity index (χ3v) is 2.64. The van der Waals surface area contributed by atoms with Gasteiger partial charge in [0.1, 0.15) is 5.82 Å². The van der Waals surface area contributed by atoms with Crippen molar-refractivity contribution in [1.82, 2.24) is 0 Å². The van der Waals surface area contributed by atoms with Crippen molar-refractivity contribution in [3.63, 3.8) is 0 Å². The summed E-state index contributed by atoms with van der Waals surface area (Å²) in [6.45, 7) is 2.12. The van der Waals surface area contributed by atoms with Gasteiger partial charge in [-0.15, -0.1) is 0 Å². The van der Waals surface area contributed by atoms with Crippen LogP contribution in [0.3, 0.4) is 0 Å². The minimum atomic E-state index is -0.853. The summed E-state index contributed by atoms with van der Waals surface area (Å²) < 4.78 is 12.9. The summed E-state index contributed by atoms with van der Waals surface area (Å²) in [5.74, 6) is -1.64. The van der Waals surface area contributed by atoms with E-state index in [9.17, 15) is 9.18 Å². The Morgan fingerprint density at radius 3 is 2.75 bits per heavy atom. The number of carboxylic acids is 1. The van der Waals surface area contributed by atoms with E-state index in [-0.39, 0.29) is 5.82 Å². The van der Waals surface area contributed by atoms with Gasteiger partial charge in [0, 0.05) is 0 Å². The fourth-order valence-electron chi connectivity index (χ4n) is 1.67. The van der Waals surface area contributed by atoms with Crippen molar-refractivity contribution >= 4 is 5.97 Å². The number of rotatable bonds is 5. The number of aliphatic carboxylic acids is 1. The zero-order valence-corrected chi connectivity index (χ0v) is 9.24. The van der Waals surface area contributed by atoms with E-state index in [0.29, 0.717) is 19.4 Å². The number of hydrogen-bond acceptors (Lipinski definition) is 2. The first-order valence-corrected chi connectivity index (χ1v) is 5.22. The van der Waals surface area contributed by atoms with Gasteiger partial charge in [0.05, 0.1) is 5.92 Å². The highest BCUT2D eigenvalue weighted by Crippen LogP contribution is 2.17. The van der Waals surface area contributed by atoms with Gasteiger partial charge in [0.15, 0.2) is 0 Å². The van der Waals surface area contributed by atoms with E-state index < -0.39 is 11.9 Å². The van der Waals surface area contributed by atoms with Crippen LogP contribution in [-0.2, 0) is 11.2 Å². The highest BCUT2D eigenvalue weighted by atomic mass is 19.1. The average molecular weight is 225 g/mol. The maximum Gasteiger partial charge on any atom is 0.306 e. The number of aryl methyl sites for hydroxylation is 1. The van der Waals surface area contributed by atoms with Crippen molar-refractivity contribution in [3.8, 4) is 0 Å². The molecule has 1 atom stereocenters. The number of benzene rings is 1. The first-order chi connectivity index (χ1) is 7.54. The fraction of sp³-hybridized carbons (Fsp3) is 0.417. The maximum atomic E-state index is 12.9. The first kappa shape index (κ1) is 12.6. The lowest BCUT2D eigenvalue weighted by Crippen LogP contribution is -2.20. The molecule has 3 N–H and O–H groups in total. The van der Waals surface area contributed by atoms with Crippen LogP contribution in [0.4, 0.5) is 4.39 Å². The lowest BCUT2D eigenvalue weighted by atomic mass is 9.94. The lowest BCUT2D eigenvalue weighted by molar-refractivity contribution is -0.141. The molecule has 0 aliphatic rings. The van der Waals surface area contributed by atoms with Crippen molar-refractivity contribution in [1.29, 1.82) is 0 Å². The normalized spacial score (nSPS) is 12.4. The second kappa shape index (κ2) is 5.61. The molecule has 0 bridgehead atoms. The average Bonchev–Trinajstić information content (AvgIpc) is 2.20. The van der Waals surface area contributed by atoms with E-state index in [1.807, 2.05) is 0 Å². The Hall–Kier alpha value is -1.42. The standard InChI is InChI=1S/C12H16FNO2/c1-8-6-11(13)3-2-9(8)7-10(4-5-14)12(15)16/h2-3,6,10H,4-5,7,14H2,1H3,(H,15,16). The topological polar surface area (TPSA) is 63.3 Å². The molecule has 1 unspecified atom stereocenters. The minimum absolute atomic E-state index is 0.299. The van der Waals surface area contributed by atoms with Gasteiger partial charge in [-0.2, -0.15) is 0 Å². The van der Waals surface area contributed by atoms with Crippen molar-refractivity contribution in [3.05, 3.63) is 35.1 Å². The second-order valence-corrected chi connectivity index (χ2v) is 3.89. The van der Waals surface area contributed by atoms with Gasteiger partial charge in [-0.25, -0.2) is 4.39 Å². The van der Waals surface area contributed by atoms with Gasteiger partial charge >= 0.3 is 5.97 Å². The summed E-state index contributed by atoms with van der Waals surface area (Å²) in [6.07, 6.45) is 0.838. The summed E-state index contributed by atoms with van der Waals surface area (Å²) >= 11 is 0. The molecule has 0 spiro atoms. The molecule has 88 valence electrons. The number of carbonyl (C=O) groups is 1. The first-order valence-electron chi connectivity index (χ1n) is 5.22. The van der Waals surface area contributed by atoms with Crippen LogP contribution >= 0.6 is 0 Å². The summed E-state index contributed by atoms with van der Waals surface area (Å²) in [4.78, 5) is 10.9. The van der Waals surface area contributed by atoms with Gasteiger partial charge in [0.25, 0.3) is 0 Å². The van der Waals surface area contributed by atoms with E-state index >= 15 is 0 Å². The molecule has 1 rings (SSSR count). The maximum absolute atomic E-state index is 12.9. The Kier molecular flexibility index (Phi) is 4.43. The second-order valence-electron chi connectivity index (χ2n) is 3.89. The molecular formula is C12H16FNO2. The molecule has 0 aromatic heterocycles. The van der Waals surface area contributed by atoms with Crippen LogP contribution in [0.2, 0.25) is 0 Å². The third-order valence-electron chi connectivity index (χ3n) is 2.64. The molecule has 16 heavy (non-hydrogen) atoms. The van der Waals surface area contributed by atoms with Gasteiger partial charge in [-0.05, 0) is 49.6 Å². The van der Waals surface area contributed by atoms with E-state index in [4.69, 9.17) is 10.8 Å². The van der Waals surface area contributed by atoms with Crippen LogP contribution in [0.15, 0.2) is 18.2 Å². The van der Waals surface area contributed by atoms with Crippen molar-refractivity contribution in [2.45, 2.75) is 19.8 Å². The van der Waals surface area contributed by atoms with Crippen LogP contribution < -0.4 is 5.73 Å². The van der Waals surface area contributed by atoms with Crippen LogP contribution in [0, 0.1) is 18.7 Å². The molecule has 0 aliphatic heterocycles. The van der Waals surface area contributed by atoms with Gasteiger partial charge in [-0.3, -0.25) is 4.79 Å². The molecule has 3 nitrogen and oxygen atoms in total. The summed E-state index contributed by atoms with van der Waals surface area (Å²) in [5, 5.41) is 8.98. The third kappa shape index (κ3) is 3.31. The van der Waals surface area contributed by atoms with E-state index in [2.05, 4.69) is 0 Å². The number of nitrogens with two attached hydrogens (primary N) is 1. The van der Waals surface area contributed by atoms with Gasteiger partial charge < -0.3 is 10.8 Å². The Balaban J connectivity index is 2.81. The monoisotopic (exact) mass is 225 g/mol. The van der Waals surface area contributed by atoms with Crippen molar-refractivity contribution < 1.29 is 14.3 Å². The highest BCUT2D eigenvalue weighted by Gasteiger charge is 2.17. The lowest BCUT2D eigenvalue weighted by Gasteiger charge is -2.12. The Bertz CT molecular complexity index is 379. The molecule has 0 saturated heterocycles. The van der Waals surface area contributed by atoms with Crippen LogP contribution in [0.25, 0.3) is 0 Å². The summed E-state index contributed by atoms with van der Waals surface area (Å²) in [6, 6.07) is 4.40. The van der Waals surface area contributed by atoms with E-state index in [1.54, 1.807) is 13.0 Å². The molecule has 1 aromatic rings. The predicted molar refractivity (Wildman–Crippen MR) is 59.6 cm³/mol. The van der Waals surface area contributed by atoms with Crippen molar-refractivity contribution in [2.24, 2.45) is 11.7 Å². The zero-order chi connectivity index (χ0) is 12.1. The molecular weight excluding hydrogens is 209 g/mol. The molecule has 0 aliphatic carbocycles. The predicted octanol–water partition coefficient (Wildman–Crippen LogP) is 1.73. The van der Waals surface area contributed by atoms with Crippen molar-refractivity contribution in [2.75, 3.05) is 6.54 Å². The smallest absolute Gasteiger partial charge is 0.306 e. The molecule has 0 heterocycles. The molecule has 1 aromatic carbocycles. The van der Waals surface area contributed by atoms with Crippen LogP contribution in [0.1, 0.15) is 17.5 Å². The number of hydrogen-bond donors (Lipinski definition) is 2. The highest BCUT2D eigenvalue weighted by molar-refractivity contribution is 5.70. The van der Waals surface area contributed by atoms with Gasteiger partial charge in [0.2, 0.25) is 0 Å². The largest absolute Gasteiger partial charge is 0.481 e. The van der Waals surface area contributed by atoms with E-state index in [1.165, 1.54) is 12.1 Å². The SMILES string of the molecule is Cc1cc(F)ccc1CC(CCN)C(=O)O. The minimum Gasteiger partial charge on any atom is -0.481 e. The molecule has 0 fully saturated rings. The van der Waals surface area contributed by atoms with Gasteiger partial charge in [-0.1, -0.05) is 6.07 Å². The van der Waals surface area contributed by atoms with E-state index in [0.717, 1.165) is 11.1 Å². The Morgan fingerprint density at radius 2 is 2.25 bits per heavy atom. The van der Waals surface area contributed by atoms with Crippen LogP contribution in [0.5, 0.6) is 0 Å². The molecule has 0 saturated carbocycles. The molecule has 0 radical (unpaired) electrons. The summed E-state index contributed by atoms with van der Waals surface area (Å²) in [7, 11) is 0. The molecule has 0 amide bonds. The summed E-state index contributed by atoms with van der Waals surface area (Å²) in [5.41, 5.74) is 7.00. The zero-order valence-electron chi connectivity index (χ0n) is 9.24. The van der Waals surface area contributed by atoms with Crippen LogP contribution in [-0.4, -0.2) is 17.6 Å². The quantitative estimate of drug-likeness (QED) is 0.802.